The number of rotatable bonds is 0. The minimum Gasteiger partial charge on any atom is -0.248 e. The van der Waals surface area contributed by atoms with E-state index in [9.17, 15) is 0 Å². The smallest absolute Gasteiger partial charge is 0.0890 e. The Hall–Kier alpha value is -0.740. The van der Waals surface area contributed by atoms with Gasteiger partial charge in [0.2, 0.25) is 0 Å². The van der Waals surface area contributed by atoms with E-state index in [1.807, 2.05) is 47.8 Å². The van der Waals surface area contributed by atoms with Crippen molar-refractivity contribution in [1.82, 2.24) is 9.97 Å². The Morgan fingerprint density at radius 3 is 1.88 bits per heavy atom. The van der Waals surface area contributed by atoms with Crippen molar-refractivity contribution in [3.8, 4) is 0 Å². The Bertz CT molecular complexity index is 481. The lowest BCUT2D eigenvalue weighted by molar-refractivity contribution is 1.07. The van der Waals surface area contributed by atoms with Crippen molar-refractivity contribution < 1.29 is 0 Å². The van der Waals surface area contributed by atoms with E-state index in [2.05, 4.69) is 0 Å². The summed E-state index contributed by atoms with van der Waals surface area (Å²) in [6, 6.07) is 8.15. The number of aromatic nitrogens is 2. The summed E-state index contributed by atoms with van der Waals surface area (Å²) in [6.07, 6.45) is 1.29. The lowest BCUT2D eigenvalue weighted by atomic mass is 10.2. The molecule has 1 aromatic heterocycles. The van der Waals surface area contributed by atoms with Gasteiger partial charge in [0, 0.05) is 11.5 Å². The largest absolute Gasteiger partial charge is 0.248 e. The molecular weight excluding hydrogens is 248 g/mol. The fraction of sp³-hybridized carbons (Fsp3) is 0.385. The monoisotopic (exact) mass is 262 g/mol. The number of para-hydroxylation sites is 2. The molecule has 1 aliphatic rings. The third-order valence-corrected chi connectivity index (χ3v) is 4.89. The van der Waals surface area contributed by atoms with Gasteiger partial charge in [0.15, 0.2) is 0 Å². The minimum absolute atomic E-state index is 1.01. The molecule has 88 valence electrons. The van der Waals surface area contributed by atoms with Gasteiger partial charge in [-0.3, -0.25) is 0 Å². The van der Waals surface area contributed by atoms with Crippen LogP contribution in [-0.2, 0) is 11.5 Å². The van der Waals surface area contributed by atoms with Crippen molar-refractivity contribution in [3.63, 3.8) is 0 Å². The molecule has 0 amide bonds. The van der Waals surface area contributed by atoms with E-state index in [0.717, 1.165) is 22.5 Å². The molecule has 1 aliphatic heterocycles. The summed E-state index contributed by atoms with van der Waals surface area (Å²) in [5, 5.41) is 0. The molecular formula is C13H14N2S2. The molecule has 0 unspecified atom stereocenters. The molecule has 0 atom stereocenters. The zero-order chi connectivity index (χ0) is 11.5. The van der Waals surface area contributed by atoms with E-state index >= 15 is 0 Å². The summed E-state index contributed by atoms with van der Waals surface area (Å²) in [5.74, 6) is 4.49. The van der Waals surface area contributed by atoms with E-state index in [1.54, 1.807) is 0 Å². The van der Waals surface area contributed by atoms with Crippen LogP contribution in [-0.4, -0.2) is 21.5 Å². The summed E-state index contributed by atoms with van der Waals surface area (Å²) in [4.78, 5) is 9.52. The van der Waals surface area contributed by atoms with Crippen molar-refractivity contribution in [2.45, 2.75) is 17.9 Å². The molecule has 0 radical (unpaired) electrons. The van der Waals surface area contributed by atoms with E-state index in [0.29, 0.717) is 0 Å². The number of nitrogens with zero attached hydrogens (tertiary/aromatic N) is 2. The summed E-state index contributed by atoms with van der Waals surface area (Å²) in [7, 11) is 0. The van der Waals surface area contributed by atoms with E-state index in [-0.39, 0.29) is 0 Å². The van der Waals surface area contributed by atoms with Gasteiger partial charge in [-0.2, -0.15) is 23.5 Å². The summed E-state index contributed by atoms with van der Waals surface area (Å²) < 4.78 is 0. The molecule has 0 aliphatic carbocycles. The molecule has 2 aromatic rings. The van der Waals surface area contributed by atoms with Gasteiger partial charge in [-0.1, -0.05) is 12.1 Å². The van der Waals surface area contributed by atoms with Crippen molar-refractivity contribution in [1.29, 1.82) is 0 Å². The molecule has 0 fully saturated rings. The van der Waals surface area contributed by atoms with E-state index in [1.165, 1.54) is 29.3 Å². The highest BCUT2D eigenvalue weighted by atomic mass is 32.2. The first-order chi connectivity index (χ1) is 8.43. The molecule has 0 N–H and O–H groups in total. The molecule has 0 bridgehead atoms. The fourth-order valence-corrected chi connectivity index (χ4v) is 3.92. The van der Waals surface area contributed by atoms with Gasteiger partial charge in [0.25, 0.3) is 0 Å². The number of fused-ring (bicyclic) bond motifs is 2. The Kier molecular flexibility index (Phi) is 3.52. The second-order valence-electron chi connectivity index (χ2n) is 4.06. The number of benzene rings is 1. The molecule has 0 spiro atoms. The number of hydrogen-bond donors (Lipinski definition) is 0. The second-order valence-corrected chi connectivity index (χ2v) is 6.27. The molecule has 2 heterocycles. The van der Waals surface area contributed by atoms with Gasteiger partial charge < -0.3 is 0 Å². The van der Waals surface area contributed by atoms with Crippen LogP contribution in [0, 0.1) is 0 Å². The molecule has 3 rings (SSSR count). The van der Waals surface area contributed by atoms with Crippen LogP contribution >= 0.6 is 23.5 Å². The second kappa shape index (κ2) is 5.27. The van der Waals surface area contributed by atoms with Crippen LogP contribution < -0.4 is 0 Å². The van der Waals surface area contributed by atoms with Gasteiger partial charge in [-0.05, 0) is 30.1 Å². The van der Waals surface area contributed by atoms with Gasteiger partial charge in [-0.15, -0.1) is 0 Å². The first-order valence-electron chi connectivity index (χ1n) is 5.83. The molecule has 2 nitrogen and oxygen atoms in total. The third-order valence-electron chi connectivity index (χ3n) is 2.78. The van der Waals surface area contributed by atoms with E-state index in [4.69, 9.17) is 9.97 Å². The Labute approximate surface area is 110 Å². The molecule has 0 saturated heterocycles. The van der Waals surface area contributed by atoms with Crippen molar-refractivity contribution in [3.05, 3.63) is 35.7 Å². The van der Waals surface area contributed by atoms with Crippen molar-refractivity contribution in [2.24, 2.45) is 0 Å². The lowest BCUT2D eigenvalue weighted by Crippen LogP contribution is -2.00. The van der Waals surface area contributed by atoms with Crippen LogP contribution in [0.15, 0.2) is 24.3 Å². The average Bonchev–Trinajstić information content (AvgIpc) is 2.47. The van der Waals surface area contributed by atoms with Crippen LogP contribution in [0.4, 0.5) is 0 Å². The minimum atomic E-state index is 1.01. The number of thioether (sulfide) groups is 2. The first kappa shape index (κ1) is 11.4. The van der Waals surface area contributed by atoms with Crippen LogP contribution in [0.3, 0.4) is 0 Å². The quantitative estimate of drug-likeness (QED) is 0.726. The van der Waals surface area contributed by atoms with Crippen molar-refractivity contribution >= 4 is 34.6 Å². The van der Waals surface area contributed by atoms with Crippen LogP contribution in [0.2, 0.25) is 0 Å². The summed E-state index contributed by atoms with van der Waals surface area (Å²) in [6.45, 7) is 0. The highest BCUT2D eigenvalue weighted by Crippen LogP contribution is 2.24. The highest BCUT2D eigenvalue weighted by molar-refractivity contribution is 7.99. The van der Waals surface area contributed by atoms with Crippen LogP contribution in [0.25, 0.3) is 11.0 Å². The van der Waals surface area contributed by atoms with Crippen LogP contribution in [0.1, 0.15) is 17.8 Å². The third kappa shape index (κ3) is 2.58. The summed E-state index contributed by atoms with van der Waals surface area (Å²) >= 11 is 3.96. The standard InChI is InChI=1S/C13H14N2S2/c1-2-5-11-10(4-1)14-12-8-16-6-3-7-17-9-13(12)15-11/h1-2,4-5H,3,6-9H2. The maximum Gasteiger partial charge on any atom is 0.0890 e. The maximum absolute atomic E-state index is 4.76. The van der Waals surface area contributed by atoms with Crippen LogP contribution in [0.5, 0.6) is 0 Å². The van der Waals surface area contributed by atoms with Gasteiger partial charge in [0.1, 0.15) is 0 Å². The van der Waals surface area contributed by atoms with Gasteiger partial charge >= 0.3 is 0 Å². The summed E-state index contributed by atoms with van der Waals surface area (Å²) in [5.41, 5.74) is 4.42. The zero-order valence-corrected chi connectivity index (χ0v) is 11.2. The van der Waals surface area contributed by atoms with Crippen molar-refractivity contribution in [2.75, 3.05) is 11.5 Å². The Balaban J connectivity index is 2.06. The number of hydrogen-bond acceptors (Lipinski definition) is 4. The molecule has 1 aromatic carbocycles. The van der Waals surface area contributed by atoms with Gasteiger partial charge in [0.05, 0.1) is 22.4 Å². The molecule has 4 heteroatoms. The van der Waals surface area contributed by atoms with Gasteiger partial charge in [-0.25, -0.2) is 9.97 Å². The Morgan fingerprint density at radius 2 is 1.35 bits per heavy atom. The molecule has 17 heavy (non-hydrogen) atoms. The average molecular weight is 262 g/mol. The predicted octanol–water partition coefficient (Wildman–Crippen LogP) is 3.50. The fourth-order valence-electron chi connectivity index (χ4n) is 1.90. The highest BCUT2D eigenvalue weighted by Gasteiger charge is 2.10. The zero-order valence-electron chi connectivity index (χ0n) is 9.56. The topological polar surface area (TPSA) is 25.8 Å². The SMILES string of the molecule is c1ccc2nc3c(nc2c1)CSCCCSC3. The predicted molar refractivity (Wildman–Crippen MR) is 76.5 cm³/mol. The Morgan fingerprint density at radius 1 is 0.824 bits per heavy atom. The lowest BCUT2D eigenvalue weighted by Gasteiger charge is -2.07. The van der Waals surface area contributed by atoms with E-state index < -0.39 is 0 Å². The molecule has 0 saturated carbocycles. The maximum atomic E-state index is 4.76. The first-order valence-corrected chi connectivity index (χ1v) is 8.14. The normalized spacial score (nSPS) is 16.9.